The molecule has 0 aliphatic heterocycles. The van der Waals surface area contributed by atoms with Crippen LogP contribution in [0, 0.1) is 0 Å². The van der Waals surface area contributed by atoms with Crippen LogP contribution in [0.3, 0.4) is 0 Å². The Kier molecular flexibility index (Phi) is 6.42. The molecule has 5 nitrogen and oxygen atoms in total. The quantitative estimate of drug-likeness (QED) is 0.520. The number of alkyl halides is 3. The third-order valence-electron chi connectivity index (χ3n) is 4.16. The van der Waals surface area contributed by atoms with E-state index in [1.807, 2.05) is 0 Å². The van der Waals surface area contributed by atoms with Gasteiger partial charge in [0.05, 0.1) is 18.0 Å². The zero-order valence-electron chi connectivity index (χ0n) is 15.1. The van der Waals surface area contributed by atoms with Gasteiger partial charge in [0.25, 0.3) is 5.91 Å². The van der Waals surface area contributed by atoms with E-state index < -0.39 is 29.7 Å². The summed E-state index contributed by atoms with van der Waals surface area (Å²) in [6, 6.07) is 10.1. The highest BCUT2D eigenvalue weighted by molar-refractivity contribution is 7.13. The Balaban J connectivity index is 1.79. The van der Waals surface area contributed by atoms with Crippen LogP contribution in [0.25, 0.3) is 10.6 Å². The molecule has 1 aromatic heterocycles. The second kappa shape index (κ2) is 8.85. The molecule has 1 heterocycles. The summed E-state index contributed by atoms with van der Waals surface area (Å²) in [5.41, 5.74) is 0.128. The van der Waals surface area contributed by atoms with Crippen molar-refractivity contribution in [2.75, 3.05) is 0 Å². The van der Waals surface area contributed by atoms with E-state index in [1.165, 1.54) is 17.5 Å². The van der Waals surface area contributed by atoms with E-state index in [2.05, 4.69) is 10.3 Å². The molecule has 156 valence electrons. The van der Waals surface area contributed by atoms with Gasteiger partial charge in [-0.05, 0) is 23.8 Å². The number of carboxylic acids is 1. The van der Waals surface area contributed by atoms with Crippen LogP contribution in [0.1, 0.15) is 34.1 Å². The average molecular weight is 455 g/mol. The first kappa shape index (κ1) is 21.8. The summed E-state index contributed by atoms with van der Waals surface area (Å²) in [6.07, 6.45) is -4.82. The predicted octanol–water partition coefficient (Wildman–Crippen LogP) is 5.43. The van der Waals surface area contributed by atoms with E-state index in [4.69, 9.17) is 16.7 Å². The molecule has 30 heavy (non-hydrogen) atoms. The third-order valence-corrected chi connectivity index (χ3v) is 5.40. The highest BCUT2D eigenvalue weighted by atomic mass is 35.5. The molecule has 0 spiro atoms. The third kappa shape index (κ3) is 5.17. The molecule has 3 aromatic rings. The molecule has 0 bridgehead atoms. The molecule has 0 saturated heterocycles. The molecule has 1 amide bonds. The molecule has 1 atom stereocenters. The molecule has 2 N–H and O–H groups in total. The van der Waals surface area contributed by atoms with Crippen molar-refractivity contribution in [2.45, 2.75) is 18.6 Å². The fraction of sp³-hybridized carbons (Fsp3) is 0.150. The van der Waals surface area contributed by atoms with Crippen molar-refractivity contribution in [3.63, 3.8) is 0 Å². The molecule has 3 rings (SSSR count). The lowest BCUT2D eigenvalue weighted by Gasteiger charge is -2.18. The molecular weight excluding hydrogens is 441 g/mol. The van der Waals surface area contributed by atoms with Crippen molar-refractivity contribution in [1.82, 2.24) is 10.3 Å². The van der Waals surface area contributed by atoms with E-state index in [1.54, 1.807) is 24.3 Å². The maximum absolute atomic E-state index is 12.7. The van der Waals surface area contributed by atoms with Crippen molar-refractivity contribution in [3.8, 4) is 10.6 Å². The number of halogens is 4. The van der Waals surface area contributed by atoms with E-state index in [9.17, 15) is 22.8 Å². The summed E-state index contributed by atoms with van der Waals surface area (Å²) >= 11 is 7.21. The number of aromatic nitrogens is 1. The first-order valence-electron chi connectivity index (χ1n) is 8.55. The number of rotatable bonds is 6. The van der Waals surface area contributed by atoms with Crippen LogP contribution in [0.5, 0.6) is 0 Å². The van der Waals surface area contributed by atoms with Crippen molar-refractivity contribution in [3.05, 3.63) is 75.8 Å². The van der Waals surface area contributed by atoms with Crippen LogP contribution in [-0.2, 0) is 11.0 Å². The number of amides is 1. The van der Waals surface area contributed by atoms with Crippen LogP contribution in [-0.4, -0.2) is 22.0 Å². The number of nitrogens with zero attached hydrogens (tertiary/aromatic N) is 1. The number of aliphatic carboxylic acids is 1. The average Bonchev–Trinajstić information content (AvgIpc) is 3.17. The highest BCUT2D eigenvalue weighted by Gasteiger charge is 2.30. The van der Waals surface area contributed by atoms with Crippen LogP contribution >= 0.6 is 22.9 Å². The van der Waals surface area contributed by atoms with Gasteiger partial charge in [0.15, 0.2) is 0 Å². The summed E-state index contributed by atoms with van der Waals surface area (Å²) in [4.78, 5) is 28.0. The monoisotopic (exact) mass is 454 g/mol. The standard InChI is InChI=1S/C20H14ClF3N2O3S/c21-14-4-2-1-3-13(14)15(9-17(27)28)25-18(29)16-10-30-19(26-16)11-5-7-12(8-6-11)20(22,23)24/h1-8,10,15H,9H2,(H,25,29)(H,27,28)/t15-/m0/s1. The van der Waals surface area contributed by atoms with Gasteiger partial charge in [-0.1, -0.05) is 41.9 Å². The van der Waals surface area contributed by atoms with Crippen molar-refractivity contribution in [2.24, 2.45) is 0 Å². The number of thiazole rings is 1. The number of hydrogen-bond donors (Lipinski definition) is 2. The van der Waals surface area contributed by atoms with Crippen molar-refractivity contribution >= 4 is 34.8 Å². The van der Waals surface area contributed by atoms with Gasteiger partial charge < -0.3 is 10.4 Å². The normalized spacial score (nSPS) is 12.4. The lowest BCUT2D eigenvalue weighted by Crippen LogP contribution is -2.30. The molecule has 0 fully saturated rings. The summed E-state index contributed by atoms with van der Waals surface area (Å²) in [5.74, 6) is -1.74. The van der Waals surface area contributed by atoms with E-state index in [-0.39, 0.29) is 12.1 Å². The molecule has 0 saturated carbocycles. The molecule has 2 aromatic carbocycles. The summed E-state index contributed by atoms with van der Waals surface area (Å²) in [5, 5.41) is 13.9. The second-order valence-electron chi connectivity index (χ2n) is 6.26. The minimum absolute atomic E-state index is 0.0253. The maximum atomic E-state index is 12.7. The van der Waals surface area contributed by atoms with Gasteiger partial charge in [0, 0.05) is 16.0 Å². The number of benzene rings is 2. The largest absolute Gasteiger partial charge is 0.481 e. The molecular formula is C20H14ClF3N2O3S. The van der Waals surface area contributed by atoms with Crippen LogP contribution in [0.15, 0.2) is 53.9 Å². The zero-order chi connectivity index (χ0) is 21.9. The zero-order valence-corrected chi connectivity index (χ0v) is 16.7. The number of carboxylic acid groups (broad SMARTS) is 1. The highest BCUT2D eigenvalue weighted by Crippen LogP contribution is 2.32. The van der Waals surface area contributed by atoms with Crippen LogP contribution < -0.4 is 5.32 Å². The Morgan fingerprint density at radius 3 is 2.40 bits per heavy atom. The van der Waals surface area contributed by atoms with E-state index >= 15 is 0 Å². The first-order chi connectivity index (χ1) is 14.1. The number of carbonyl (C=O) groups is 2. The Labute approximate surface area is 178 Å². The number of nitrogens with one attached hydrogen (secondary N) is 1. The first-order valence-corrected chi connectivity index (χ1v) is 9.81. The lowest BCUT2D eigenvalue weighted by molar-refractivity contribution is -0.138. The van der Waals surface area contributed by atoms with Gasteiger partial charge in [0.2, 0.25) is 0 Å². The smallest absolute Gasteiger partial charge is 0.416 e. The van der Waals surface area contributed by atoms with Gasteiger partial charge in [0.1, 0.15) is 10.7 Å². The predicted molar refractivity (Wildman–Crippen MR) is 106 cm³/mol. The maximum Gasteiger partial charge on any atom is 0.416 e. The molecule has 0 radical (unpaired) electrons. The number of hydrogen-bond acceptors (Lipinski definition) is 4. The van der Waals surface area contributed by atoms with Gasteiger partial charge >= 0.3 is 12.1 Å². The Bertz CT molecular complexity index is 1070. The summed E-state index contributed by atoms with van der Waals surface area (Å²) in [7, 11) is 0. The Morgan fingerprint density at radius 1 is 1.13 bits per heavy atom. The van der Waals surface area contributed by atoms with E-state index in [0.29, 0.717) is 21.2 Å². The fourth-order valence-electron chi connectivity index (χ4n) is 2.72. The minimum atomic E-state index is -4.44. The van der Waals surface area contributed by atoms with E-state index in [0.717, 1.165) is 23.5 Å². The molecule has 0 unspecified atom stereocenters. The summed E-state index contributed by atoms with van der Waals surface area (Å²) in [6.45, 7) is 0. The topological polar surface area (TPSA) is 79.3 Å². The van der Waals surface area contributed by atoms with Crippen molar-refractivity contribution in [1.29, 1.82) is 0 Å². The van der Waals surface area contributed by atoms with Gasteiger partial charge in [-0.2, -0.15) is 13.2 Å². The van der Waals surface area contributed by atoms with Gasteiger partial charge in [-0.3, -0.25) is 9.59 Å². The summed E-state index contributed by atoms with van der Waals surface area (Å²) < 4.78 is 38.1. The van der Waals surface area contributed by atoms with Crippen LogP contribution in [0.2, 0.25) is 5.02 Å². The van der Waals surface area contributed by atoms with Gasteiger partial charge in [-0.15, -0.1) is 11.3 Å². The van der Waals surface area contributed by atoms with Crippen LogP contribution in [0.4, 0.5) is 13.2 Å². The Hall–Kier alpha value is -2.91. The SMILES string of the molecule is O=C(O)C[C@H](NC(=O)c1csc(-c2ccc(C(F)(F)F)cc2)n1)c1ccccc1Cl. The van der Waals surface area contributed by atoms with Gasteiger partial charge in [-0.25, -0.2) is 4.98 Å². The molecule has 10 heteroatoms. The fourth-order valence-corrected chi connectivity index (χ4v) is 3.79. The minimum Gasteiger partial charge on any atom is -0.481 e. The number of carbonyl (C=O) groups excluding carboxylic acids is 1. The molecule has 0 aliphatic rings. The van der Waals surface area contributed by atoms with Crippen molar-refractivity contribution < 1.29 is 27.9 Å². The second-order valence-corrected chi connectivity index (χ2v) is 7.52. The Morgan fingerprint density at radius 2 is 1.80 bits per heavy atom. The molecule has 0 aliphatic carbocycles. The lowest BCUT2D eigenvalue weighted by atomic mass is 10.0.